The molecule has 1 aromatic heterocycles. The second kappa shape index (κ2) is 4.76. The summed E-state index contributed by atoms with van der Waals surface area (Å²) in [5, 5.41) is 1.16. The molecule has 2 rings (SSSR count). The van der Waals surface area contributed by atoms with Crippen LogP contribution in [0.3, 0.4) is 0 Å². The molecule has 2 aromatic rings. The highest BCUT2D eigenvalue weighted by atomic mass is 16.3. The first kappa shape index (κ1) is 11.9. The predicted molar refractivity (Wildman–Crippen MR) is 72.8 cm³/mol. The van der Waals surface area contributed by atoms with Crippen molar-refractivity contribution in [1.82, 2.24) is 0 Å². The van der Waals surface area contributed by atoms with E-state index in [0.717, 1.165) is 22.3 Å². The summed E-state index contributed by atoms with van der Waals surface area (Å²) in [7, 11) is 0. The maximum Gasteiger partial charge on any atom is 0.134 e. The van der Waals surface area contributed by atoms with E-state index in [9.17, 15) is 0 Å². The van der Waals surface area contributed by atoms with Gasteiger partial charge in [-0.25, -0.2) is 0 Å². The fraction of sp³-hybridized carbons (Fsp3) is 0.333. The molecule has 2 nitrogen and oxygen atoms in total. The average Bonchev–Trinajstić information content (AvgIpc) is 2.61. The number of furan rings is 1. The van der Waals surface area contributed by atoms with Crippen LogP contribution in [0.25, 0.3) is 17.0 Å². The van der Waals surface area contributed by atoms with Crippen LogP contribution >= 0.6 is 0 Å². The Hall–Kier alpha value is -1.54. The Morgan fingerprint density at radius 2 is 2.06 bits per heavy atom. The van der Waals surface area contributed by atoms with Gasteiger partial charge in [0, 0.05) is 17.5 Å². The van der Waals surface area contributed by atoms with Crippen LogP contribution in [0.4, 0.5) is 0 Å². The molecule has 1 heterocycles. The molecule has 0 amide bonds. The maximum atomic E-state index is 5.79. The number of para-hydroxylation sites is 1. The summed E-state index contributed by atoms with van der Waals surface area (Å²) in [6.45, 7) is 6.92. The van der Waals surface area contributed by atoms with E-state index < -0.39 is 0 Å². The number of hydrogen-bond donors (Lipinski definition) is 1. The molecule has 0 radical (unpaired) electrons. The van der Waals surface area contributed by atoms with Crippen LogP contribution < -0.4 is 5.73 Å². The van der Waals surface area contributed by atoms with Gasteiger partial charge in [-0.2, -0.15) is 0 Å². The summed E-state index contributed by atoms with van der Waals surface area (Å²) < 4.78 is 5.74. The summed E-state index contributed by atoms with van der Waals surface area (Å²) in [6, 6.07) is 8.11. The highest BCUT2D eigenvalue weighted by Crippen LogP contribution is 2.28. The molecule has 1 aromatic carbocycles. The SMILES string of the molecule is Cc1oc2ccccc2c1/C=C(\CN)C(C)C. The molecule has 2 heteroatoms. The molecule has 0 aliphatic carbocycles. The number of nitrogens with two attached hydrogens (primary N) is 1. The molecule has 0 fully saturated rings. The summed E-state index contributed by atoms with van der Waals surface area (Å²) >= 11 is 0. The number of aryl methyl sites for hydroxylation is 1. The molecule has 0 unspecified atom stereocenters. The highest BCUT2D eigenvalue weighted by Gasteiger charge is 2.10. The van der Waals surface area contributed by atoms with E-state index >= 15 is 0 Å². The zero-order chi connectivity index (χ0) is 12.4. The topological polar surface area (TPSA) is 39.2 Å². The Labute approximate surface area is 102 Å². The first-order valence-corrected chi connectivity index (χ1v) is 6.02. The number of hydrogen-bond acceptors (Lipinski definition) is 2. The van der Waals surface area contributed by atoms with E-state index in [1.807, 2.05) is 25.1 Å². The van der Waals surface area contributed by atoms with Gasteiger partial charge in [0.2, 0.25) is 0 Å². The largest absolute Gasteiger partial charge is 0.461 e. The van der Waals surface area contributed by atoms with Crippen LogP contribution in [0.2, 0.25) is 0 Å². The van der Waals surface area contributed by atoms with Crippen LogP contribution in [0.5, 0.6) is 0 Å². The Kier molecular flexibility index (Phi) is 3.34. The van der Waals surface area contributed by atoms with Crippen molar-refractivity contribution in [2.24, 2.45) is 11.7 Å². The van der Waals surface area contributed by atoms with Crippen LogP contribution in [0.1, 0.15) is 25.2 Å². The quantitative estimate of drug-likeness (QED) is 0.870. The Morgan fingerprint density at radius 1 is 1.35 bits per heavy atom. The second-order valence-electron chi connectivity index (χ2n) is 4.65. The predicted octanol–water partition coefficient (Wildman–Crippen LogP) is 3.74. The van der Waals surface area contributed by atoms with E-state index in [-0.39, 0.29) is 0 Å². The van der Waals surface area contributed by atoms with E-state index in [0.29, 0.717) is 12.5 Å². The van der Waals surface area contributed by atoms with Crippen molar-refractivity contribution in [3.8, 4) is 0 Å². The molecule has 0 spiro atoms. The van der Waals surface area contributed by atoms with Crippen LogP contribution in [0.15, 0.2) is 34.3 Å². The molecule has 0 saturated heterocycles. The van der Waals surface area contributed by atoms with Crippen LogP contribution in [-0.2, 0) is 0 Å². The van der Waals surface area contributed by atoms with Gasteiger partial charge in [-0.1, -0.05) is 43.7 Å². The molecular weight excluding hydrogens is 210 g/mol. The summed E-state index contributed by atoms with van der Waals surface area (Å²) in [6.07, 6.45) is 2.17. The van der Waals surface area contributed by atoms with Gasteiger partial charge in [0.15, 0.2) is 0 Å². The van der Waals surface area contributed by atoms with E-state index in [1.54, 1.807) is 0 Å². The van der Waals surface area contributed by atoms with Crippen molar-refractivity contribution in [3.05, 3.63) is 41.2 Å². The molecule has 0 saturated carbocycles. The van der Waals surface area contributed by atoms with Crippen LogP contribution in [0, 0.1) is 12.8 Å². The minimum atomic E-state index is 0.466. The zero-order valence-electron chi connectivity index (χ0n) is 10.7. The lowest BCUT2D eigenvalue weighted by atomic mass is 9.99. The second-order valence-corrected chi connectivity index (χ2v) is 4.65. The summed E-state index contributed by atoms with van der Waals surface area (Å²) in [4.78, 5) is 0. The smallest absolute Gasteiger partial charge is 0.134 e. The van der Waals surface area contributed by atoms with Gasteiger partial charge in [0.1, 0.15) is 11.3 Å². The molecule has 0 aliphatic heterocycles. The van der Waals surface area contributed by atoms with E-state index in [1.165, 1.54) is 5.57 Å². The molecule has 0 bridgehead atoms. The number of fused-ring (bicyclic) bond motifs is 1. The Morgan fingerprint density at radius 3 is 2.71 bits per heavy atom. The van der Waals surface area contributed by atoms with E-state index in [4.69, 9.17) is 10.2 Å². The molecule has 0 atom stereocenters. The minimum absolute atomic E-state index is 0.466. The zero-order valence-corrected chi connectivity index (χ0v) is 10.7. The molecular formula is C15H19NO. The molecule has 0 aliphatic rings. The minimum Gasteiger partial charge on any atom is -0.461 e. The van der Waals surface area contributed by atoms with Gasteiger partial charge >= 0.3 is 0 Å². The standard InChI is InChI=1S/C15H19NO/c1-10(2)12(9-16)8-14-11(3)17-15-7-5-4-6-13(14)15/h4-8,10H,9,16H2,1-3H3/b12-8+. The van der Waals surface area contributed by atoms with Gasteiger partial charge in [0.25, 0.3) is 0 Å². The van der Waals surface area contributed by atoms with Gasteiger partial charge in [-0.3, -0.25) is 0 Å². The molecule has 2 N–H and O–H groups in total. The van der Waals surface area contributed by atoms with Crippen molar-refractivity contribution in [2.45, 2.75) is 20.8 Å². The third kappa shape index (κ3) is 2.27. The lowest BCUT2D eigenvalue weighted by Crippen LogP contribution is -2.08. The molecule has 90 valence electrons. The van der Waals surface area contributed by atoms with Gasteiger partial charge in [0.05, 0.1) is 0 Å². The summed E-state index contributed by atoms with van der Waals surface area (Å²) in [5.41, 5.74) is 9.14. The Bertz CT molecular complexity index is 549. The van der Waals surface area contributed by atoms with Crippen molar-refractivity contribution in [3.63, 3.8) is 0 Å². The summed E-state index contributed by atoms with van der Waals surface area (Å²) in [5.74, 6) is 1.42. The molecule has 17 heavy (non-hydrogen) atoms. The lowest BCUT2D eigenvalue weighted by Gasteiger charge is -2.08. The van der Waals surface area contributed by atoms with Crippen molar-refractivity contribution >= 4 is 17.0 Å². The first-order valence-electron chi connectivity index (χ1n) is 6.02. The third-order valence-corrected chi connectivity index (χ3v) is 3.13. The maximum absolute atomic E-state index is 5.79. The van der Waals surface area contributed by atoms with Gasteiger partial charge in [-0.15, -0.1) is 0 Å². The van der Waals surface area contributed by atoms with Crippen molar-refractivity contribution in [1.29, 1.82) is 0 Å². The van der Waals surface area contributed by atoms with Gasteiger partial charge in [-0.05, 0) is 18.9 Å². The fourth-order valence-corrected chi connectivity index (χ4v) is 2.01. The van der Waals surface area contributed by atoms with E-state index in [2.05, 4.69) is 26.0 Å². The van der Waals surface area contributed by atoms with Gasteiger partial charge < -0.3 is 10.2 Å². The third-order valence-electron chi connectivity index (χ3n) is 3.13. The van der Waals surface area contributed by atoms with Crippen molar-refractivity contribution in [2.75, 3.05) is 6.54 Å². The first-order chi connectivity index (χ1) is 8.13. The Balaban J connectivity index is 2.58. The number of rotatable bonds is 3. The highest BCUT2D eigenvalue weighted by molar-refractivity contribution is 5.88. The van der Waals surface area contributed by atoms with Crippen LogP contribution in [-0.4, -0.2) is 6.54 Å². The lowest BCUT2D eigenvalue weighted by molar-refractivity contribution is 0.577. The average molecular weight is 229 g/mol. The van der Waals surface area contributed by atoms with Crippen molar-refractivity contribution < 1.29 is 4.42 Å². The fourth-order valence-electron chi connectivity index (χ4n) is 2.01. The normalized spacial score (nSPS) is 12.6. The number of benzene rings is 1. The monoisotopic (exact) mass is 229 g/mol.